The highest BCUT2D eigenvalue weighted by Gasteiger charge is 2.51. The predicted molar refractivity (Wildman–Crippen MR) is 216 cm³/mol. The van der Waals surface area contributed by atoms with Crippen molar-refractivity contribution in [2.24, 2.45) is 0 Å². The SMILES string of the molecule is Clc1ccc2c(c1)C1(c3cc(N(c4ccccc4)c4ccc(-c5ccccc5)c5oc6ccccc6c45)ccc3O2)c2ccccc2-c2ccccc21. The van der Waals surface area contributed by atoms with Gasteiger partial charge in [0.05, 0.1) is 16.5 Å². The Morgan fingerprint density at radius 1 is 0.472 bits per heavy atom. The Labute approximate surface area is 311 Å². The third-order valence-corrected chi connectivity index (χ3v) is 11.2. The number of hydrogen-bond acceptors (Lipinski definition) is 3. The maximum absolute atomic E-state index is 6.84. The van der Waals surface area contributed by atoms with Gasteiger partial charge in [-0.1, -0.05) is 127 Å². The second-order valence-corrected chi connectivity index (χ2v) is 14.2. The van der Waals surface area contributed by atoms with Crippen molar-refractivity contribution in [3.05, 3.63) is 209 Å². The van der Waals surface area contributed by atoms with Gasteiger partial charge in [0.25, 0.3) is 0 Å². The molecule has 3 nitrogen and oxygen atoms in total. The highest BCUT2D eigenvalue weighted by Crippen LogP contribution is 2.63. The van der Waals surface area contributed by atoms with Crippen LogP contribution in [-0.2, 0) is 5.41 Å². The molecule has 0 fully saturated rings. The van der Waals surface area contributed by atoms with Gasteiger partial charge in [0.1, 0.15) is 22.7 Å². The van der Waals surface area contributed by atoms with E-state index in [-0.39, 0.29) is 0 Å². The van der Waals surface area contributed by atoms with Crippen LogP contribution < -0.4 is 9.64 Å². The number of anilines is 3. The molecular formula is C49H30ClNO2. The first-order valence-corrected chi connectivity index (χ1v) is 18.2. The van der Waals surface area contributed by atoms with Crippen molar-refractivity contribution in [2.75, 3.05) is 4.90 Å². The number of halogens is 1. The lowest BCUT2D eigenvalue weighted by atomic mass is 9.66. The van der Waals surface area contributed by atoms with Crippen molar-refractivity contribution >= 4 is 50.6 Å². The van der Waals surface area contributed by atoms with Crippen molar-refractivity contribution in [1.82, 2.24) is 0 Å². The van der Waals surface area contributed by atoms with E-state index in [0.29, 0.717) is 5.02 Å². The van der Waals surface area contributed by atoms with E-state index >= 15 is 0 Å². The van der Waals surface area contributed by atoms with Gasteiger partial charge in [-0.2, -0.15) is 0 Å². The van der Waals surface area contributed by atoms with Crippen LogP contribution in [0.15, 0.2) is 186 Å². The number of benzene rings is 8. The molecule has 4 heteroatoms. The summed E-state index contributed by atoms with van der Waals surface area (Å²) in [6.45, 7) is 0. The standard InChI is InChI=1S/C49H30ClNO2/c50-32-23-27-45-41(29-32)49(39-20-10-7-17-36(39)37-18-8-11-21-40(37)49)42-30-34(24-28-46(42)52-45)51(33-15-5-2-6-16-33)43-26-25-35(31-13-3-1-4-14-31)48-47(43)38-19-9-12-22-44(38)53-48/h1-30H. The van der Waals surface area contributed by atoms with E-state index in [1.165, 1.54) is 22.3 Å². The summed E-state index contributed by atoms with van der Waals surface area (Å²) in [6.07, 6.45) is 0. The van der Waals surface area contributed by atoms with Crippen LogP contribution in [0.25, 0.3) is 44.2 Å². The van der Waals surface area contributed by atoms with Crippen molar-refractivity contribution in [1.29, 1.82) is 0 Å². The van der Waals surface area contributed by atoms with E-state index in [0.717, 1.165) is 72.8 Å². The first kappa shape index (κ1) is 30.1. The Bertz CT molecular complexity index is 2850. The van der Waals surface area contributed by atoms with Crippen LogP contribution in [0, 0.1) is 0 Å². The lowest BCUT2D eigenvalue weighted by Gasteiger charge is -2.40. The summed E-state index contributed by atoms with van der Waals surface area (Å²) in [7, 11) is 0. The molecule has 1 aromatic heterocycles. The monoisotopic (exact) mass is 699 g/mol. The molecule has 0 N–H and O–H groups in total. The number of nitrogens with zero attached hydrogens (tertiary/aromatic N) is 1. The normalized spacial score (nSPS) is 13.3. The van der Waals surface area contributed by atoms with Gasteiger partial charge in [-0.05, 0) is 94.5 Å². The minimum Gasteiger partial charge on any atom is -0.457 e. The second-order valence-electron chi connectivity index (χ2n) is 13.7. The molecule has 2 heterocycles. The molecule has 53 heavy (non-hydrogen) atoms. The zero-order valence-electron chi connectivity index (χ0n) is 28.5. The van der Waals surface area contributed by atoms with Crippen LogP contribution in [-0.4, -0.2) is 0 Å². The molecule has 1 aliphatic heterocycles. The summed E-state index contributed by atoms with van der Waals surface area (Å²) >= 11 is 6.84. The fraction of sp³-hybridized carbons (Fsp3) is 0.0204. The van der Waals surface area contributed by atoms with Gasteiger partial charge >= 0.3 is 0 Å². The minimum absolute atomic E-state index is 0.659. The number of para-hydroxylation sites is 2. The van der Waals surface area contributed by atoms with Gasteiger partial charge in [-0.15, -0.1) is 0 Å². The third-order valence-electron chi connectivity index (χ3n) is 11.0. The van der Waals surface area contributed by atoms with E-state index in [9.17, 15) is 0 Å². The molecular weight excluding hydrogens is 670 g/mol. The van der Waals surface area contributed by atoms with E-state index in [1.807, 2.05) is 24.3 Å². The number of ether oxygens (including phenoxy) is 1. The Morgan fingerprint density at radius 2 is 1.09 bits per heavy atom. The van der Waals surface area contributed by atoms with Crippen LogP contribution in [0.3, 0.4) is 0 Å². The Morgan fingerprint density at radius 3 is 1.85 bits per heavy atom. The van der Waals surface area contributed by atoms with Gasteiger partial charge in [0.2, 0.25) is 0 Å². The first-order chi connectivity index (χ1) is 26.2. The van der Waals surface area contributed by atoms with Crippen molar-refractivity contribution in [3.8, 4) is 33.8 Å². The second kappa shape index (κ2) is 11.5. The molecule has 2 aliphatic rings. The minimum atomic E-state index is -0.659. The molecule has 1 aliphatic carbocycles. The Balaban J connectivity index is 1.22. The lowest BCUT2D eigenvalue weighted by molar-refractivity contribution is 0.436. The maximum Gasteiger partial charge on any atom is 0.145 e. The zero-order chi connectivity index (χ0) is 35.1. The van der Waals surface area contributed by atoms with E-state index in [4.69, 9.17) is 20.8 Å². The summed E-state index contributed by atoms with van der Waals surface area (Å²) in [6, 6.07) is 64.0. The fourth-order valence-electron chi connectivity index (χ4n) is 8.85. The zero-order valence-corrected chi connectivity index (χ0v) is 29.2. The van der Waals surface area contributed by atoms with Gasteiger partial charge in [-0.25, -0.2) is 0 Å². The van der Waals surface area contributed by atoms with Gasteiger partial charge < -0.3 is 14.1 Å². The molecule has 250 valence electrons. The lowest BCUT2D eigenvalue weighted by Crippen LogP contribution is -2.32. The fourth-order valence-corrected chi connectivity index (χ4v) is 9.02. The number of fused-ring (bicyclic) bond motifs is 12. The van der Waals surface area contributed by atoms with Crippen LogP contribution >= 0.6 is 11.6 Å². The van der Waals surface area contributed by atoms with E-state index in [2.05, 4.69) is 163 Å². The van der Waals surface area contributed by atoms with Crippen LogP contribution in [0.4, 0.5) is 17.1 Å². The highest BCUT2D eigenvalue weighted by atomic mass is 35.5. The molecule has 8 aromatic carbocycles. The van der Waals surface area contributed by atoms with E-state index < -0.39 is 5.41 Å². The molecule has 9 aromatic rings. The van der Waals surface area contributed by atoms with Crippen LogP contribution in [0.2, 0.25) is 5.02 Å². The average Bonchev–Trinajstić information content (AvgIpc) is 3.75. The molecule has 0 atom stereocenters. The predicted octanol–water partition coefficient (Wildman–Crippen LogP) is 13.8. The van der Waals surface area contributed by atoms with Crippen LogP contribution in [0.1, 0.15) is 22.3 Å². The molecule has 0 amide bonds. The smallest absolute Gasteiger partial charge is 0.145 e. The number of furan rings is 1. The number of rotatable bonds is 4. The Kier molecular flexibility index (Phi) is 6.52. The largest absolute Gasteiger partial charge is 0.457 e. The molecule has 0 saturated heterocycles. The average molecular weight is 700 g/mol. The van der Waals surface area contributed by atoms with Crippen LogP contribution in [0.5, 0.6) is 11.5 Å². The van der Waals surface area contributed by atoms with Crippen molar-refractivity contribution < 1.29 is 9.15 Å². The maximum atomic E-state index is 6.84. The summed E-state index contributed by atoms with van der Waals surface area (Å²) in [5.41, 5.74) is 13.2. The van der Waals surface area contributed by atoms with Gasteiger partial charge in [0.15, 0.2) is 0 Å². The van der Waals surface area contributed by atoms with E-state index in [1.54, 1.807) is 0 Å². The third kappa shape index (κ3) is 4.29. The summed E-state index contributed by atoms with van der Waals surface area (Å²) in [4.78, 5) is 2.35. The molecule has 0 unspecified atom stereocenters. The van der Waals surface area contributed by atoms with Gasteiger partial charge in [-0.3, -0.25) is 0 Å². The molecule has 11 rings (SSSR count). The first-order valence-electron chi connectivity index (χ1n) is 17.9. The molecule has 0 bridgehead atoms. The summed E-state index contributed by atoms with van der Waals surface area (Å²) in [5, 5.41) is 2.80. The molecule has 0 saturated carbocycles. The number of hydrogen-bond donors (Lipinski definition) is 0. The van der Waals surface area contributed by atoms with Crippen molar-refractivity contribution in [2.45, 2.75) is 5.41 Å². The summed E-state index contributed by atoms with van der Waals surface area (Å²) in [5.74, 6) is 1.63. The topological polar surface area (TPSA) is 25.6 Å². The Hall–Kier alpha value is -6.55. The highest BCUT2D eigenvalue weighted by molar-refractivity contribution is 6.30. The summed E-state index contributed by atoms with van der Waals surface area (Å²) < 4.78 is 13.5. The van der Waals surface area contributed by atoms with Crippen molar-refractivity contribution in [3.63, 3.8) is 0 Å². The van der Waals surface area contributed by atoms with Gasteiger partial charge in [0, 0.05) is 38.5 Å². The quantitative estimate of drug-likeness (QED) is 0.183. The molecule has 0 radical (unpaired) electrons. The molecule has 1 spiro atoms.